The van der Waals surface area contributed by atoms with Crippen molar-refractivity contribution in [1.82, 2.24) is 0 Å². The molecule has 0 unspecified atom stereocenters. The topological polar surface area (TPSA) is 0 Å². The maximum absolute atomic E-state index is 5.99. The van der Waals surface area contributed by atoms with Crippen LogP contribution >= 0.6 is 46.4 Å². The minimum atomic E-state index is 0.482. The van der Waals surface area contributed by atoms with Gasteiger partial charge in [0.2, 0.25) is 0 Å². The number of hydrogen-bond donors (Lipinski definition) is 0. The molecule has 0 saturated heterocycles. The maximum atomic E-state index is 5.99. The van der Waals surface area contributed by atoms with Crippen molar-refractivity contribution in [1.29, 1.82) is 0 Å². The Morgan fingerprint density at radius 1 is 0.591 bits per heavy atom. The minimum absolute atomic E-state index is 0.482. The Balaban J connectivity index is 2.47. The van der Waals surface area contributed by atoms with Gasteiger partial charge < -0.3 is 0 Å². The first-order valence-corrected chi connectivity index (χ1v) is 10.1. The third-order valence-corrected chi connectivity index (χ3v) is 5.95. The van der Waals surface area contributed by atoms with E-state index in [4.69, 9.17) is 46.4 Å². The monoisotopic (exact) mass is 448 g/mol. The quantitative estimate of drug-likeness (QED) is 0.491. The molecule has 0 fully saturated rings. The van der Waals surface area contributed by atoms with Crippen LogP contribution in [0.3, 0.4) is 0 Å². The van der Waals surface area contributed by atoms with Crippen LogP contribution in [-0.4, -0.2) is 3.21 Å². The molecule has 0 nitrogen and oxygen atoms in total. The molecule has 0 N–H and O–H groups in total. The van der Waals surface area contributed by atoms with Crippen LogP contribution in [-0.2, 0) is 47.8 Å². The van der Waals surface area contributed by atoms with Crippen molar-refractivity contribution in [3.05, 3.63) is 69.8 Å². The molecule has 2 rings (SSSR count). The normalized spacial score (nSPS) is 10.8. The molecule has 0 atom stereocenters. The zero-order valence-electron chi connectivity index (χ0n) is 11.8. The summed E-state index contributed by atoms with van der Waals surface area (Å²) in [4.78, 5) is 0. The third kappa shape index (κ3) is 4.68. The van der Waals surface area contributed by atoms with Gasteiger partial charge in [-0.15, -0.1) is 0 Å². The van der Waals surface area contributed by atoms with Gasteiger partial charge in [0.25, 0.3) is 0 Å². The van der Waals surface area contributed by atoms with Crippen molar-refractivity contribution in [3.8, 4) is 0 Å². The van der Waals surface area contributed by atoms with Gasteiger partial charge in [0, 0.05) is 0 Å². The Morgan fingerprint density at radius 2 is 0.864 bits per heavy atom. The van der Waals surface area contributed by atoms with Gasteiger partial charge in [-0.25, -0.2) is 0 Å². The van der Waals surface area contributed by atoms with Crippen LogP contribution in [0, 0.1) is 0 Å². The summed E-state index contributed by atoms with van der Waals surface area (Å²) in [5.74, 6) is 1.93. The third-order valence-electron chi connectivity index (χ3n) is 3.30. The molecule has 2 aromatic carbocycles. The predicted octanol–water partition coefficient (Wildman–Crippen LogP) is 5.76. The molecule has 0 aliphatic rings. The predicted molar refractivity (Wildman–Crippen MR) is 94.3 cm³/mol. The molecule has 2 aromatic rings. The number of halogens is 4. The molecule has 0 amide bonds. The van der Waals surface area contributed by atoms with Gasteiger partial charge >= 0.3 is 167 Å². The molecule has 0 aromatic heterocycles. The summed E-state index contributed by atoms with van der Waals surface area (Å²) >= 11 is 25.3. The van der Waals surface area contributed by atoms with E-state index in [0.29, 0.717) is 23.5 Å². The van der Waals surface area contributed by atoms with Crippen LogP contribution in [0.5, 0.6) is 0 Å². The van der Waals surface area contributed by atoms with Crippen molar-refractivity contribution < 1.29 is 24.2 Å². The molecule has 112 valence electrons. The summed E-state index contributed by atoms with van der Waals surface area (Å²) in [6.45, 7) is 0. The number of hydrogen-bond acceptors (Lipinski definition) is 0. The molecule has 5 heteroatoms. The van der Waals surface area contributed by atoms with Gasteiger partial charge in [0.1, 0.15) is 0 Å². The second-order valence-corrected chi connectivity index (χ2v) is 7.28. The second kappa shape index (κ2) is 9.00. The molecule has 0 aliphatic carbocycles. The van der Waals surface area contributed by atoms with Crippen molar-refractivity contribution in [3.63, 3.8) is 0 Å². The Morgan fingerprint density at radius 3 is 1.09 bits per heavy atom. The van der Waals surface area contributed by atoms with Crippen molar-refractivity contribution in [2.45, 2.75) is 23.5 Å². The zero-order valence-corrected chi connectivity index (χ0v) is 17.3. The van der Waals surface area contributed by atoms with Gasteiger partial charge in [-0.3, -0.25) is 0 Å². The Kier molecular flexibility index (Phi) is 7.64. The van der Waals surface area contributed by atoms with Crippen LogP contribution in [0.1, 0.15) is 33.4 Å². The summed E-state index contributed by atoms with van der Waals surface area (Å²) in [6, 6.07) is 12.6. The number of alkyl halides is 4. The molecule has 22 heavy (non-hydrogen) atoms. The van der Waals surface area contributed by atoms with Crippen molar-refractivity contribution >= 4 is 49.6 Å². The van der Waals surface area contributed by atoms with Gasteiger partial charge in [-0.2, -0.15) is 0 Å². The Bertz CT molecular complexity index is 580. The zero-order chi connectivity index (χ0) is 16.1. The van der Waals surface area contributed by atoms with E-state index in [9.17, 15) is 0 Å². The summed E-state index contributed by atoms with van der Waals surface area (Å²) < 4.78 is 1.25. The van der Waals surface area contributed by atoms with Crippen LogP contribution in [0.25, 0.3) is 0 Å². The first-order chi connectivity index (χ1) is 10.6. The molecule has 0 bridgehead atoms. The van der Waals surface area contributed by atoms with Crippen LogP contribution < -0.4 is 0 Å². The Labute approximate surface area is 166 Å². The molecular formula is C17H14Cl4Zr+2. The van der Waals surface area contributed by atoms with E-state index in [-0.39, 0.29) is 0 Å². The van der Waals surface area contributed by atoms with Crippen molar-refractivity contribution in [2.24, 2.45) is 0 Å². The molecule has 0 saturated carbocycles. The SMILES string of the molecule is ClCc1cc(CCl)cc([C](=[Zr+2])c2cc(CCl)cc(CCl)c2)c1. The Hall–Kier alpha value is 0.353. The van der Waals surface area contributed by atoms with Gasteiger partial charge in [-0.1, -0.05) is 0 Å². The first-order valence-electron chi connectivity index (χ1n) is 6.70. The molecular weight excluding hydrogens is 437 g/mol. The van der Waals surface area contributed by atoms with Crippen LogP contribution in [0.2, 0.25) is 0 Å². The molecule has 0 aliphatic heterocycles. The number of benzene rings is 2. The summed E-state index contributed by atoms with van der Waals surface area (Å²) in [5, 5.41) is 0. The first kappa shape index (κ1) is 18.7. The van der Waals surface area contributed by atoms with Gasteiger partial charge in [0.15, 0.2) is 0 Å². The van der Waals surface area contributed by atoms with E-state index in [0.717, 1.165) is 22.3 Å². The van der Waals surface area contributed by atoms with E-state index in [1.54, 1.807) is 0 Å². The van der Waals surface area contributed by atoms with Crippen LogP contribution in [0.15, 0.2) is 36.4 Å². The fourth-order valence-corrected chi connectivity index (χ4v) is 3.62. The average Bonchev–Trinajstić information content (AvgIpc) is 2.59. The van der Waals surface area contributed by atoms with Gasteiger partial charge in [0.05, 0.1) is 0 Å². The standard InChI is InChI=1S/C17H14Cl4.Zr/c18-8-14-2-12(3-15(6-14)9-19)1-13-4-16(10-20)7-17(5-13)11-21;/h2-7H,8-11H2;/q;+2. The van der Waals surface area contributed by atoms with E-state index in [1.807, 2.05) is 12.1 Å². The van der Waals surface area contributed by atoms with E-state index < -0.39 is 0 Å². The summed E-state index contributed by atoms with van der Waals surface area (Å²) in [5.41, 5.74) is 6.67. The summed E-state index contributed by atoms with van der Waals surface area (Å²) in [7, 11) is 0. The second-order valence-electron chi connectivity index (χ2n) is 4.99. The molecule has 0 spiro atoms. The van der Waals surface area contributed by atoms with Gasteiger partial charge in [-0.05, 0) is 0 Å². The van der Waals surface area contributed by atoms with Crippen molar-refractivity contribution in [2.75, 3.05) is 0 Å². The van der Waals surface area contributed by atoms with E-state index in [1.165, 1.54) is 38.6 Å². The van der Waals surface area contributed by atoms with Crippen LogP contribution in [0.4, 0.5) is 0 Å². The number of rotatable bonds is 6. The van der Waals surface area contributed by atoms with E-state index >= 15 is 0 Å². The summed E-state index contributed by atoms with van der Waals surface area (Å²) in [6.07, 6.45) is 0. The van der Waals surface area contributed by atoms with E-state index in [2.05, 4.69) is 24.3 Å². The molecule has 0 heterocycles. The fraction of sp³-hybridized carbons (Fsp3) is 0.235. The average molecular weight is 451 g/mol. The molecule has 0 radical (unpaired) electrons. The fourth-order valence-electron chi connectivity index (χ4n) is 2.29.